The van der Waals surface area contributed by atoms with Crippen molar-refractivity contribution in [1.82, 2.24) is 9.80 Å². The summed E-state index contributed by atoms with van der Waals surface area (Å²) in [6.45, 7) is 5.82. The highest BCUT2D eigenvalue weighted by Gasteiger charge is 2.17. The van der Waals surface area contributed by atoms with Crippen molar-refractivity contribution >= 4 is 53.0 Å². The van der Waals surface area contributed by atoms with E-state index in [9.17, 15) is 14.9 Å². The van der Waals surface area contributed by atoms with Gasteiger partial charge in [-0.1, -0.05) is 47.5 Å². The molecule has 0 radical (unpaired) electrons. The van der Waals surface area contributed by atoms with Crippen molar-refractivity contribution in [3.63, 3.8) is 0 Å². The molecule has 1 fully saturated rings. The molecule has 9 nitrogen and oxygen atoms in total. The van der Waals surface area contributed by atoms with Gasteiger partial charge in [0.25, 0.3) is 5.09 Å². The second kappa shape index (κ2) is 15.7. The fourth-order valence-electron chi connectivity index (χ4n) is 3.89. The predicted octanol–water partition coefficient (Wildman–Crippen LogP) is 4.85. The Morgan fingerprint density at radius 1 is 0.944 bits per heavy atom. The maximum atomic E-state index is 12.4. The highest BCUT2D eigenvalue weighted by Crippen LogP contribution is 2.33. The third kappa shape index (κ3) is 9.99. The SMILES string of the molecule is Cl.O=C(Cc1ccccc1Nc1c(Cl)cccc1Cl)OCCCN1CCN(CCCO[N+](=O)[O-])CC1. The zero-order valence-corrected chi connectivity index (χ0v) is 22.2. The molecule has 0 saturated carbocycles. The van der Waals surface area contributed by atoms with Crippen molar-refractivity contribution in [2.24, 2.45) is 0 Å². The Bertz CT molecular complexity index is 970. The van der Waals surface area contributed by atoms with Crippen LogP contribution < -0.4 is 5.32 Å². The number of benzene rings is 2. The highest BCUT2D eigenvalue weighted by atomic mass is 35.5. The van der Waals surface area contributed by atoms with Crippen LogP contribution in [0.3, 0.4) is 0 Å². The number of nitrogens with one attached hydrogen (secondary N) is 1. The molecular formula is C24H31Cl3N4O5. The first-order valence-electron chi connectivity index (χ1n) is 11.6. The zero-order valence-electron chi connectivity index (χ0n) is 19.9. The molecule has 0 aromatic heterocycles. The van der Waals surface area contributed by atoms with Crippen molar-refractivity contribution in [1.29, 1.82) is 0 Å². The number of para-hydroxylation sites is 2. The lowest BCUT2D eigenvalue weighted by Crippen LogP contribution is -2.47. The number of esters is 1. The Labute approximate surface area is 227 Å². The predicted molar refractivity (Wildman–Crippen MR) is 143 cm³/mol. The van der Waals surface area contributed by atoms with Crippen molar-refractivity contribution in [3.8, 4) is 0 Å². The lowest BCUT2D eigenvalue weighted by atomic mass is 10.1. The fourth-order valence-corrected chi connectivity index (χ4v) is 4.38. The molecule has 0 amide bonds. The average Bonchev–Trinajstić information content (AvgIpc) is 2.84. The van der Waals surface area contributed by atoms with Crippen molar-refractivity contribution in [3.05, 3.63) is 68.2 Å². The van der Waals surface area contributed by atoms with Crippen molar-refractivity contribution in [2.75, 3.05) is 57.8 Å². The van der Waals surface area contributed by atoms with Gasteiger partial charge >= 0.3 is 5.97 Å². The Morgan fingerprint density at radius 3 is 2.14 bits per heavy atom. The molecule has 1 aliphatic rings. The Hall–Kier alpha value is -2.30. The van der Waals surface area contributed by atoms with E-state index in [1.807, 2.05) is 24.3 Å². The molecule has 0 aliphatic carbocycles. The summed E-state index contributed by atoms with van der Waals surface area (Å²) in [4.78, 5) is 31.6. The minimum atomic E-state index is -0.753. The van der Waals surface area contributed by atoms with E-state index >= 15 is 0 Å². The first kappa shape index (κ1) is 29.9. The molecule has 198 valence electrons. The molecule has 36 heavy (non-hydrogen) atoms. The normalized spacial score (nSPS) is 14.1. The van der Waals surface area contributed by atoms with E-state index in [-0.39, 0.29) is 31.4 Å². The van der Waals surface area contributed by atoms with E-state index in [4.69, 9.17) is 27.9 Å². The molecule has 2 aromatic rings. The smallest absolute Gasteiger partial charge is 0.310 e. The lowest BCUT2D eigenvalue weighted by Gasteiger charge is -2.34. The monoisotopic (exact) mass is 560 g/mol. The summed E-state index contributed by atoms with van der Waals surface area (Å²) in [6.07, 6.45) is 1.54. The van der Waals surface area contributed by atoms with Crippen LogP contribution in [0.4, 0.5) is 11.4 Å². The van der Waals surface area contributed by atoms with Crippen LogP contribution >= 0.6 is 35.6 Å². The second-order valence-electron chi connectivity index (χ2n) is 8.22. The van der Waals surface area contributed by atoms with E-state index in [1.165, 1.54) is 0 Å². The summed E-state index contributed by atoms with van der Waals surface area (Å²) in [5.41, 5.74) is 2.15. The number of carbonyl (C=O) groups is 1. The molecule has 3 rings (SSSR count). The van der Waals surface area contributed by atoms with Gasteiger partial charge in [-0.15, -0.1) is 22.5 Å². The van der Waals surface area contributed by atoms with Gasteiger partial charge in [0, 0.05) is 45.0 Å². The number of hydrogen-bond acceptors (Lipinski definition) is 8. The number of hydrogen-bond donors (Lipinski definition) is 1. The highest BCUT2D eigenvalue weighted by molar-refractivity contribution is 6.39. The minimum absolute atomic E-state index is 0. The summed E-state index contributed by atoms with van der Waals surface area (Å²) in [6, 6.07) is 12.8. The standard InChI is InChI=1S/C24H30Cl2N4O5.ClH/c25-20-7-3-8-21(26)24(20)27-22-9-2-1-6-19(22)18-23(31)34-16-4-10-28-12-14-29(15-13-28)11-5-17-35-30(32)33;/h1-3,6-9,27H,4-5,10-18H2;1H. The minimum Gasteiger partial charge on any atom is -0.465 e. The van der Waals surface area contributed by atoms with E-state index in [0.717, 1.165) is 56.9 Å². The van der Waals surface area contributed by atoms with E-state index < -0.39 is 5.09 Å². The molecule has 0 spiro atoms. The van der Waals surface area contributed by atoms with Gasteiger partial charge in [0.05, 0.1) is 35.4 Å². The van der Waals surface area contributed by atoms with Crippen LogP contribution in [0.5, 0.6) is 0 Å². The van der Waals surface area contributed by atoms with Gasteiger partial charge in [0.15, 0.2) is 0 Å². The number of carbonyl (C=O) groups excluding carboxylic acids is 1. The van der Waals surface area contributed by atoms with Crippen molar-refractivity contribution < 1.29 is 19.5 Å². The maximum absolute atomic E-state index is 12.4. The second-order valence-corrected chi connectivity index (χ2v) is 9.04. The zero-order chi connectivity index (χ0) is 25.0. The third-order valence-corrected chi connectivity index (χ3v) is 6.37. The number of rotatable bonds is 13. The Morgan fingerprint density at radius 2 is 1.53 bits per heavy atom. The van der Waals surface area contributed by atoms with Crippen LogP contribution in [0, 0.1) is 10.1 Å². The Kier molecular flexibility index (Phi) is 13.1. The molecule has 0 bridgehead atoms. The maximum Gasteiger partial charge on any atom is 0.310 e. The molecular weight excluding hydrogens is 531 g/mol. The first-order chi connectivity index (χ1) is 16.9. The van der Waals surface area contributed by atoms with Crippen LogP contribution in [-0.4, -0.2) is 73.3 Å². The van der Waals surface area contributed by atoms with Crippen LogP contribution in [0.2, 0.25) is 10.0 Å². The summed E-state index contributed by atoms with van der Waals surface area (Å²) < 4.78 is 5.47. The summed E-state index contributed by atoms with van der Waals surface area (Å²) in [5.74, 6) is -0.286. The van der Waals surface area contributed by atoms with Gasteiger partial charge in [0.1, 0.15) is 0 Å². The lowest BCUT2D eigenvalue weighted by molar-refractivity contribution is -0.757. The van der Waals surface area contributed by atoms with Gasteiger partial charge in [-0.05, 0) is 36.6 Å². The van der Waals surface area contributed by atoms with Crippen LogP contribution in [0.1, 0.15) is 18.4 Å². The number of anilines is 2. The topological polar surface area (TPSA) is 97.2 Å². The number of halogens is 3. The van der Waals surface area contributed by atoms with Gasteiger partial charge in [-0.2, -0.15) is 0 Å². The molecule has 0 unspecified atom stereocenters. The molecule has 1 aliphatic heterocycles. The van der Waals surface area contributed by atoms with Crippen molar-refractivity contribution in [2.45, 2.75) is 19.3 Å². The fraction of sp³-hybridized carbons (Fsp3) is 0.458. The Balaban J connectivity index is 0.00000456. The largest absolute Gasteiger partial charge is 0.465 e. The number of nitrogens with zero attached hydrogens (tertiary/aromatic N) is 3. The molecule has 0 atom stereocenters. The van der Waals surface area contributed by atoms with Gasteiger partial charge in [-0.25, -0.2) is 0 Å². The van der Waals surface area contributed by atoms with Gasteiger partial charge in [0.2, 0.25) is 0 Å². The molecule has 12 heteroatoms. The van der Waals surface area contributed by atoms with Gasteiger partial charge in [-0.3, -0.25) is 4.79 Å². The summed E-state index contributed by atoms with van der Waals surface area (Å²) >= 11 is 12.5. The first-order valence-corrected chi connectivity index (χ1v) is 12.3. The van der Waals surface area contributed by atoms with Crippen LogP contribution in [0.15, 0.2) is 42.5 Å². The number of ether oxygens (including phenoxy) is 1. The summed E-state index contributed by atoms with van der Waals surface area (Å²) in [7, 11) is 0. The van der Waals surface area contributed by atoms with E-state index in [2.05, 4.69) is 20.0 Å². The summed E-state index contributed by atoms with van der Waals surface area (Å²) in [5, 5.41) is 13.7. The molecule has 1 N–H and O–H groups in total. The molecule has 1 heterocycles. The number of piperazine rings is 1. The third-order valence-electron chi connectivity index (χ3n) is 5.74. The average molecular weight is 562 g/mol. The molecule has 2 aromatic carbocycles. The van der Waals surface area contributed by atoms with Crippen LogP contribution in [-0.2, 0) is 20.8 Å². The van der Waals surface area contributed by atoms with Gasteiger partial charge < -0.3 is 24.7 Å². The quantitative estimate of drug-likeness (QED) is 0.160. The molecule has 1 saturated heterocycles. The van der Waals surface area contributed by atoms with E-state index in [1.54, 1.807) is 18.2 Å². The van der Waals surface area contributed by atoms with Crippen LogP contribution in [0.25, 0.3) is 0 Å². The van der Waals surface area contributed by atoms with E-state index in [0.29, 0.717) is 28.8 Å².